The van der Waals surface area contributed by atoms with E-state index in [9.17, 15) is 5.11 Å². The van der Waals surface area contributed by atoms with Gasteiger partial charge in [-0.2, -0.15) is 0 Å². The van der Waals surface area contributed by atoms with Crippen LogP contribution in [0.25, 0.3) is 0 Å². The molecule has 2 nitrogen and oxygen atoms in total. The maximum absolute atomic E-state index is 10.3. The third kappa shape index (κ3) is 7.66. The van der Waals surface area contributed by atoms with Crippen LogP contribution in [-0.2, 0) is 9.84 Å². The van der Waals surface area contributed by atoms with Crippen LogP contribution in [0.15, 0.2) is 12.2 Å². The van der Waals surface area contributed by atoms with Gasteiger partial charge in [0.25, 0.3) is 0 Å². The number of hydrogen-bond donors (Lipinski definition) is 0. The standard InChI is InChI=1S/C7H12O2/c1-6(2)4-9-5-7(3)8/h5,7H,1,4H2,2-3H3. The minimum Gasteiger partial charge on any atom is -0.368 e. The maximum Gasteiger partial charge on any atom is 0.119 e. The van der Waals surface area contributed by atoms with Crippen LogP contribution in [0, 0.1) is 6.61 Å². The third-order valence-corrected chi connectivity index (χ3v) is 0.618. The molecule has 0 fully saturated rings. The van der Waals surface area contributed by atoms with Gasteiger partial charge < -0.3 is 4.74 Å². The summed E-state index contributed by atoms with van der Waals surface area (Å²) in [5.74, 6) is 0. The summed E-state index contributed by atoms with van der Waals surface area (Å²) in [5.41, 5.74) is 0.923. The Bertz CT molecular complexity index is 86.9. The van der Waals surface area contributed by atoms with Gasteiger partial charge in [0, 0.05) is 0 Å². The van der Waals surface area contributed by atoms with Crippen molar-refractivity contribution in [1.29, 1.82) is 0 Å². The van der Waals surface area contributed by atoms with E-state index in [4.69, 9.17) is 4.74 Å². The molecule has 1 unspecified atom stereocenters. The van der Waals surface area contributed by atoms with E-state index in [0.29, 0.717) is 6.61 Å². The smallest absolute Gasteiger partial charge is 0.119 e. The summed E-state index contributed by atoms with van der Waals surface area (Å²) in [6.07, 6.45) is -0.746. The Balaban J connectivity index is 3.01. The van der Waals surface area contributed by atoms with Gasteiger partial charge in [-0.15, -0.1) is 0 Å². The van der Waals surface area contributed by atoms with Crippen molar-refractivity contribution in [1.82, 2.24) is 0 Å². The third-order valence-electron chi connectivity index (χ3n) is 0.618. The minimum atomic E-state index is -0.746. The lowest BCUT2D eigenvalue weighted by Crippen LogP contribution is -2.03. The van der Waals surface area contributed by atoms with E-state index in [0.717, 1.165) is 5.57 Å². The molecule has 9 heavy (non-hydrogen) atoms. The van der Waals surface area contributed by atoms with Gasteiger partial charge in [0.15, 0.2) is 0 Å². The van der Waals surface area contributed by atoms with E-state index in [-0.39, 0.29) is 0 Å². The highest BCUT2D eigenvalue weighted by Gasteiger charge is 1.96. The van der Waals surface area contributed by atoms with E-state index < -0.39 is 6.10 Å². The average molecular weight is 128 g/mol. The Morgan fingerprint density at radius 3 is 2.78 bits per heavy atom. The van der Waals surface area contributed by atoms with Crippen molar-refractivity contribution in [3.63, 3.8) is 0 Å². The van der Waals surface area contributed by atoms with Crippen molar-refractivity contribution in [3.05, 3.63) is 18.8 Å². The van der Waals surface area contributed by atoms with Crippen molar-refractivity contribution in [2.45, 2.75) is 20.0 Å². The Kier molecular flexibility index (Phi) is 4.36. The van der Waals surface area contributed by atoms with Gasteiger partial charge in [-0.25, -0.2) is 5.11 Å². The van der Waals surface area contributed by atoms with Crippen LogP contribution in [0.4, 0.5) is 0 Å². The Hall–Kier alpha value is -0.340. The zero-order valence-electron chi connectivity index (χ0n) is 5.89. The van der Waals surface area contributed by atoms with E-state index in [1.165, 1.54) is 13.5 Å². The molecule has 0 rings (SSSR count). The van der Waals surface area contributed by atoms with Crippen LogP contribution >= 0.6 is 0 Å². The average Bonchev–Trinajstić information content (AvgIpc) is 1.63. The highest BCUT2D eigenvalue weighted by molar-refractivity contribution is 4.88. The fourth-order valence-corrected chi connectivity index (χ4v) is 0.326. The summed E-state index contributed by atoms with van der Waals surface area (Å²) in [6, 6.07) is 0. The number of ether oxygens (including phenoxy) is 1. The van der Waals surface area contributed by atoms with Gasteiger partial charge >= 0.3 is 0 Å². The van der Waals surface area contributed by atoms with Gasteiger partial charge in [-0.1, -0.05) is 12.2 Å². The molecule has 0 saturated heterocycles. The van der Waals surface area contributed by atoms with Crippen molar-refractivity contribution in [3.8, 4) is 0 Å². The van der Waals surface area contributed by atoms with Crippen molar-refractivity contribution < 1.29 is 9.84 Å². The largest absolute Gasteiger partial charge is 0.368 e. The second-order valence-electron chi connectivity index (χ2n) is 2.11. The fourth-order valence-electron chi connectivity index (χ4n) is 0.326. The number of hydrogen-bond acceptors (Lipinski definition) is 1. The van der Waals surface area contributed by atoms with Gasteiger partial charge in [0.05, 0.1) is 6.61 Å². The van der Waals surface area contributed by atoms with Crippen molar-refractivity contribution in [2.24, 2.45) is 0 Å². The Morgan fingerprint density at radius 2 is 2.44 bits per heavy atom. The predicted molar refractivity (Wildman–Crippen MR) is 35.2 cm³/mol. The fraction of sp³-hybridized carbons (Fsp3) is 0.571. The molecule has 1 atom stereocenters. The van der Waals surface area contributed by atoms with Crippen LogP contribution in [0.2, 0.25) is 0 Å². The van der Waals surface area contributed by atoms with E-state index in [2.05, 4.69) is 6.58 Å². The minimum absolute atomic E-state index is 0.451. The molecule has 0 N–H and O–H groups in total. The molecule has 0 aliphatic rings. The van der Waals surface area contributed by atoms with Crippen LogP contribution in [0.5, 0.6) is 0 Å². The van der Waals surface area contributed by atoms with Crippen molar-refractivity contribution >= 4 is 0 Å². The zero-order chi connectivity index (χ0) is 7.28. The molecule has 0 spiro atoms. The van der Waals surface area contributed by atoms with Crippen LogP contribution in [0.1, 0.15) is 13.8 Å². The van der Waals surface area contributed by atoms with Gasteiger partial charge in [-0.3, -0.25) is 0 Å². The lowest BCUT2D eigenvalue weighted by molar-refractivity contribution is 0.0615. The zero-order valence-corrected chi connectivity index (χ0v) is 5.89. The molecule has 2 heteroatoms. The monoisotopic (exact) mass is 128 g/mol. The first-order valence-corrected chi connectivity index (χ1v) is 2.88. The normalized spacial score (nSPS) is 13.2. The molecule has 0 bridgehead atoms. The quantitative estimate of drug-likeness (QED) is 0.528. The molecule has 0 saturated carbocycles. The SMILES string of the molecule is C=C(C)CO[CH]C(C)[O]. The first-order valence-electron chi connectivity index (χ1n) is 2.88. The maximum atomic E-state index is 10.3. The molecular weight excluding hydrogens is 116 g/mol. The summed E-state index contributed by atoms with van der Waals surface area (Å²) >= 11 is 0. The summed E-state index contributed by atoms with van der Waals surface area (Å²) in [7, 11) is 0. The second-order valence-corrected chi connectivity index (χ2v) is 2.11. The van der Waals surface area contributed by atoms with E-state index in [1.54, 1.807) is 0 Å². The molecular formula is C7H12O2. The van der Waals surface area contributed by atoms with E-state index >= 15 is 0 Å². The Morgan fingerprint density at radius 1 is 1.89 bits per heavy atom. The molecule has 0 aromatic carbocycles. The van der Waals surface area contributed by atoms with Crippen LogP contribution < -0.4 is 0 Å². The highest BCUT2D eigenvalue weighted by Crippen LogP contribution is 1.94. The molecule has 52 valence electrons. The second kappa shape index (κ2) is 4.53. The summed E-state index contributed by atoms with van der Waals surface area (Å²) < 4.78 is 4.82. The molecule has 0 aliphatic heterocycles. The highest BCUT2D eigenvalue weighted by atomic mass is 16.5. The Labute approximate surface area is 56.1 Å². The first-order chi connectivity index (χ1) is 4.13. The number of rotatable bonds is 4. The molecule has 2 radical (unpaired) electrons. The predicted octanol–water partition coefficient (Wildman–Crippen LogP) is 1.56. The summed E-state index contributed by atoms with van der Waals surface area (Å²) in [6.45, 7) is 8.71. The molecule has 0 heterocycles. The van der Waals surface area contributed by atoms with Gasteiger partial charge in [0.2, 0.25) is 0 Å². The topological polar surface area (TPSA) is 29.1 Å². The van der Waals surface area contributed by atoms with Crippen LogP contribution in [-0.4, -0.2) is 12.7 Å². The van der Waals surface area contributed by atoms with E-state index in [1.807, 2.05) is 6.92 Å². The summed E-state index contributed by atoms with van der Waals surface area (Å²) in [4.78, 5) is 0. The molecule has 0 amide bonds. The first kappa shape index (κ1) is 8.66. The molecule has 0 aliphatic carbocycles. The van der Waals surface area contributed by atoms with Crippen LogP contribution in [0.3, 0.4) is 0 Å². The summed E-state index contributed by atoms with van der Waals surface area (Å²) in [5, 5.41) is 10.3. The molecule has 0 aromatic rings. The lowest BCUT2D eigenvalue weighted by atomic mass is 10.4. The van der Waals surface area contributed by atoms with Gasteiger partial charge in [0.1, 0.15) is 12.7 Å². The molecule has 0 aromatic heterocycles. The van der Waals surface area contributed by atoms with Gasteiger partial charge in [-0.05, 0) is 13.8 Å². The van der Waals surface area contributed by atoms with Crippen molar-refractivity contribution in [2.75, 3.05) is 6.61 Å². The lowest BCUT2D eigenvalue weighted by Gasteiger charge is -2.01.